The van der Waals surface area contributed by atoms with Crippen LogP contribution in [0.5, 0.6) is 5.75 Å². The van der Waals surface area contributed by atoms with Crippen LogP contribution in [0.1, 0.15) is 25.3 Å². The molecule has 2 aromatic carbocycles. The highest BCUT2D eigenvalue weighted by Gasteiger charge is 2.07. The summed E-state index contributed by atoms with van der Waals surface area (Å²) in [6.45, 7) is 2.76. The van der Waals surface area contributed by atoms with Crippen LogP contribution in [0.4, 0.5) is 0 Å². The highest BCUT2D eigenvalue weighted by atomic mass is 16.5. The van der Waals surface area contributed by atoms with Crippen molar-refractivity contribution in [1.29, 1.82) is 0 Å². The first kappa shape index (κ1) is 15.1. The number of unbranched alkanes of at least 4 members (excludes halogenated alkanes) is 1. The number of rotatable bonds is 7. The van der Waals surface area contributed by atoms with Crippen molar-refractivity contribution in [2.75, 3.05) is 6.61 Å². The Morgan fingerprint density at radius 2 is 1.86 bits per heavy atom. The number of hydrogen-bond acceptors (Lipinski definition) is 2. The van der Waals surface area contributed by atoms with Crippen LogP contribution in [0.25, 0.3) is 11.1 Å². The lowest BCUT2D eigenvalue weighted by molar-refractivity contribution is -0.136. The van der Waals surface area contributed by atoms with E-state index in [-0.39, 0.29) is 6.42 Å². The smallest absolute Gasteiger partial charge is 0.307 e. The Morgan fingerprint density at radius 1 is 1.10 bits per heavy atom. The van der Waals surface area contributed by atoms with Gasteiger partial charge in [-0.05, 0) is 35.2 Å². The van der Waals surface area contributed by atoms with Gasteiger partial charge in [0.1, 0.15) is 5.75 Å². The van der Waals surface area contributed by atoms with Gasteiger partial charge >= 0.3 is 5.97 Å². The van der Waals surface area contributed by atoms with Crippen LogP contribution in [-0.4, -0.2) is 17.7 Å². The van der Waals surface area contributed by atoms with Crippen LogP contribution in [0.3, 0.4) is 0 Å². The summed E-state index contributed by atoms with van der Waals surface area (Å²) in [5.74, 6) is -0.0965. The van der Waals surface area contributed by atoms with E-state index in [4.69, 9.17) is 9.84 Å². The molecule has 0 amide bonds. The molecule has 2 aromatic rings. The molecule has 21 heavy (non-hydrogen) atoms. The largest absolute Gasteiger partial charge is 0.494 e. The van der Waals surface area contributed by atoms with Crippen molar-refractivity contribution in [3.05, 3.63) is 54.1 Å². The van der Waals surface area contributed by atoms with Crippen LogP contribution in [0.2, 0.25) is 0 Å². The molecule has 0 fully saturated rings. The summed E-state index contributed by atoms with van der Waals surface area (Å²) in [5, 5.41) is 8.99. The lowest BCUT2D eigenvalue weighted by atomic mass is 10.0. The first-order valence-corrected chi connectivity index (χ1v) is 7.23. The second-order valence-electron chi connectivity index (χ2n) is 5.00. The van der Waals surface area contributed by atoms with Gasteiger partial charge in [-0.15, -0.1) is 0 Å². The number of carboxylic acids is 1. The summed E-state index contributed by atoms with van der Waals surface area (Å²) in [7, 11) is 0. The van der Waals surface area contributed by atoms with E-state index in [9.17, 15) is 4.79 Å². The number of aliphatic carboxylic acids is 1. The topological polar surface area (TPSA) is 46.5 Å². The molecule has 3 nitrogen and oxygen atoms in total. The summed E-state index contributed by atoms with van der Waals surface area (Å²) < 4.78 is 5.74. The lowest BCUT2D eigenvalue weighted by Gasteiger charge is -2.11. The number of carboxylic acid groups (broad SMARTS) is 1. The molecule has 110 valence electrons. The highest BCUT2D eigenvalue weighted by Crippen LogP contribution is 2.26. The molecule has 2 rings (SSSR count). The molecule has 0 aliphatic carbocycles. The van der Waals surface area contributed by atoms with Crippen LogP contribution in [0, 0.1) is 0 Å². The maximum atomic E-state index is 10.9. The molecule has 0 atom stereocenters. The van der Waals surface area contributed by atoms with Crippen molar-refractivity contribution in [1.82, 2.24) is 0 Å². The Bertz CT molecular complexity index is 591. The Labute approximate surface area is 125 Å². The number of hydrogen-bond donors (Lipinski definition) is 1. The second kappa shape index (κ2) is 7.48. The zero-order valence-electron chi connectivity index (χ0n) is 12.2. The molecule has 0 aliphatic rings. The van der Waals surface area contributed by atoms with Crippen molar-refractivity contribution < 1.29 is 14.6 Å². The van der Waals surface area contributed by atoms with E-state index in [1.807, 2.05) is 48.5 Å². The Balaban J connectivity index is 2.30. The van der Waals surface area contributed by atoms with Gasteiger partial charge in [-0.3, -0.25) is 4.79 Å². The average Bonchev–Trinajstić information content (AvgIpc) is 2.47. The first-order chi connectivity index (χ1) is 10.2. The average molecular weight is 284 g/mol. The van der Waals surface area contributed by atoms with Crippen molar-refractivity contribution in [2.45, 2.75) is 26.2 Å². The minimum absolute atomic E-state index is 0.00477. The molecule has 1 N–H and O–H groups in total. The van der Waals surface area contributed by atoms with Gasteiger partial charge < -0.3 is 9.84 Å². The van der Waals surface area contributed by atoms with E-state index in [1.165, 1.54) is 0 Å². The summed E-state index contributed by atoms with van der Waals surface area (Å²) >= 11 is 0. The van der Waals surface area contributed by atoms with Crippen LogP contribution < -0.4 is 4.74 Å². The predicted octanol–water partition coefficient (Wildman–Crippen LogP) is 4.16. The van der Waals surface area contributed by atoms with E-state index in [1.54, 1.807) is 0 Å². The Kier molecular flexibility index (Phi) is 5.38. The molecule has 0 heterocycles. The van der Waals surface area contributed by atoms with Gasteiger partial charge in [0.2, 0.25) is 0 Å². The van der Waals surface area contributed by atoms with Gasteiger partial charge in [-0.2, -0.15) is 0 Å². The quantitative estimate of drug-likeness (QED) is 0.777. The van der Waals surface area contributed by atoms with Crippen LogP contribution in [-0.2, 0) is 11.2 Å². The maximum Gasteiger partial charge on any atom is 0.307 e. The minimum Gasteiger partial charge on any atom is -0.494 e. The summed E-state index contributed by atoms with van der Waals surface area (Å²) in [6.07, 6.45) is 2.06. The monoisotopic (exact) mass is 284 g/mol. The summed E-state index contributed by atoms with van der Waals surface area (Å²) in [4.78, 5) is 10.9. The van der Waals surface area contributed by atoms with E-state index < -0.39 is 5.97 Å². The van der Waals surface area contributed by atoms with Crippen LogP contribution in [0.15, 0.2) is 48.5 Å². The maximum absolute atomic E-state index is 10.9. The third-order valence-electron chi connectivity index (χ3n) is 3.20. The van der Waals surface area contributed by atoms with Gasteiger partial charge in [0.25, 0.3) is 0 Å². The molecule has 0 aromatic heterocycles. The normalized spacial score (nSPS) is 10.3. The molecule has 0 bridgehead atoms. The molecule has 0 aliphatic heterocycles. The first-order valence-electron chi connectivity index (χ1n) is 7.23. The summed E-state index contributed by atoms with van der Waals surface area (Å²) in [5.41, 5.74) is 2.81. The third-order valence-corrected chi connectivity index (χ3v) is 3.20. The molecule has 0 unspecified atom stereocenters. The number of benzene rings is 2. The highest BCUT2D eigenvalue weighted by molar-refractivity contribution is 5.73. The fourth-order valence-electron chi connectivity index (χ4n) is 2.15. The number of ether oxygens (including phenoxy) is 1. The van der Waals surface area contributed by atoms with Gasteiger partial charge in [-0.1, -0.05) is 49.7 Å². The van der Waals surface area contributed by atoms with E-state index in [0.29, 0.717) is 6.61 Å². The van der Waals surface area contributed by atoms with E-state index in [0.717, 1.165) is 35.3 Å². The van der Waals surface area contributed by atoms with E-state index in [2.05, 4.69) is 6.92 Å². The third kappa shape index (κ3) is 4.63. The van der Waals surface area contributed by atoms with Gasteiger partial charge in [0.15, 0.2) is 0 Å². The molecule has 0 saturated heterocycles. The summed E-state index contributed by atoms with van der Waals surface area (Å²) in [6, 6.07) is 15.6. The minimum atomic E-state index is -0.834. The number of carbonyl (C=O) groups is 1. The zero-order valence-corrected chi connectivity index (χ0v) is 12.2. The van der Waals surface area contributed by atoms with Crippen molar-refractivity contribution in [3.63, 3.8) is 0 Å². The zero-order chi connectivity index (χ0) is 15.1. The van der Waals surface area contributed by atoms with Gasteiger partial charge in [-0.25, -0.2) is 0 Å². The van der Waals surface area contributed by atoms with Gasteiger partial charge in [0.05, 0.1) is 13.0 Å². The molecule has 3 heteroatoms. The Hall–Kier alpha value is -2.29. The standard InChI is InChI=1S/C18H20O3/c1-2-3-9-21-17-11-14(12-18(19)20)10-16(13-17)15-7-5-4-6-8-15/h4-8,10-11,13H,2-3,9,12H2,1H3,(H,19,20). The molecule has 0 spiro atoms. The van der Waals surface area contributed by atoms with Crippen molar-refractivity contribution >= 4 is 5.97 Å². The Morgan fingerprint density at radius 3 is 2.52 bits per heavy atom. The predicted molar refractivity (Wildman–Crippen MR) is 83.6 cm³/mol. The SMILES string of the molecule is CCCCOc1cc(CC(=O)O)cc(-c2ccccc2)c1. The lowest BCUT2D eigenvalue weighted by Crippen LogP contribution is -2.02. The molecule has 0 radical (unpaired) electrons. The molecular weight excluding hydrogens is 264 g/mol. The molecule has 0 saturated carbocycles. The van der Waals surface area contributed by atoms with E-state index >= 15 is 0 Å². The molecular formula is C18H20O3. The van der Waals surface area contributed by atoms with Crippen molar-refractivity contribution in [3.8, 4) is 16.9 Å². The van der Waals surface area contributed by atoms with Crippen LogP contribution >= 0.6 is 0 Å². The van der Waals surface area contributed by atoms with Crippen molar-refractivity contribution in [2.24, 2.45) is 0 Å². The second-order valence-corrected chi connectivity index (χ2v) is 5.00. The van der Waals surface area contributed by atoms with Gasteiger partial charge in [0, 0.05) is 0 Å². The fraction of sp³-hybridized carbons (Fsp3) is 0.278. The fourth-order valence-corrected chi connectivity index (χ4v) is 2.15.